The Labute approximate surface area is 111 Å². The molecule has 1 atom stereocenters. The standard InChI is InChI=1S/C13H19BrN2O/c1-9(8-15)3-6-13(17)16-11-4-5-12(14)10(2)7-11/h4-5,7,9H,3,6,8,15H2,1-2H3,(H,16,17). The largest absolute Gasteiger partial charge is 0.330 e. The van der Waals surface area contributed by atoms with Gasteiger partial charge in [0.15, 0.2) is 0 Å². The van der Waals surface area contributed by atoms with Crippen LogP contribution in [0.5, 0.6) is 0 Å². The van der Waals surface area contributed by atoms with Crippen LogP contribution in [0.4, 0.5) is 5.69 Å². The number of rotatable bonds is 5. The van der Waals surface area contributed by atoms with Crippen LogP contribution in [0.25, 0.3) is 0 Å². The number of amides is 1. The summed E-state index contributed by atoms with van der Waals surface area (Å²) in [5.74, 6) is 0.444. The van der Waals surface area contributed by atoms with Crippen molar-refractivity contribution in [1.29, 1.82) is 0 Å². The molecule has 1 rings (SSSR count). The monoisotopic (exact) mass is 298 g/mol. The molecular formula is C13H19BrN2O. The second-order valence-electron chi connectivity index (χ2n) is 4.39. The van der Waals surface area contributed by atoms with Crippen molar-refractivity contribution >= 4 is 27.5 Å². The smallest absolute Gasteiger partial charge is 0.224 e. The molecule has 17 heavy (non-hydrogen) atoms. The van der Waals surface area contributed by atoms with Gasteiger partial charge in [-0.1, -0.05) is 22.9 Å². The Morgan fingerprint density at radius 2 is 2.24 bits per heavy atom. The van der Waals surface area contributed by atoms with Crippen LogP contribution in [0.15, 0.2) is 22.7 Å². The zero-order chi connectivity index (χ0) is 12.8. The van der Waals surface area contributed by atoms with E-state index in [-0.39, 0.29) is 5.91 Å². The van der Waals surface area contributed by atoms with Gasteiger partial charge in [0.1, 0.15) is 0 Å². The number of nitrogens with one attached hydrogen (secondary N) is 1. The van der Waals surface area contributed by atoms with Gasteiger partial charge in [0.05, 0.1) is 0 Å². The van der Waals surface area contributed by atoms with E-state index in [1.165, 1.54) is 0 Å². The lowest BCUT2D eigenvalue weighted by molar-refractivity contribution is -0.116. The predicted octanol–water partition coefficient (Wildman–Crippen LogP) is 3.07. The van der Waals surface area contributed by atoms with Crippen molar-refractivity contribution in [1.82, 2.24) is 0 Å². The van der Waals surface area contributed by atoms with E-state index in [1.807, 2.05) is 25.1 Å². The van der Waals surface area contributed by atoms with Gasteiger partial charge in [-0.2, -0.15) is 0 Å². The van der Waals surface area contributed by atoms with E-state index in [1.54, 1.807) is 0 Å². The van der Waals surface area contributed by atoms with E-state index in [0.29, 0.717) is 18.9 Å². The van der Waals surface area contributed by atoms with Gasteiger partial charge in [-0.05, 0) is 49.6 Å². The van der Waals surface area contributed by atoms with Crippen LogP contribution in [-0.4, -0.2) is 12.5 Å². The molecule has 0 saturated carbocycles. The summed E-state index contributed by atoms with van der Waals surface area (Å²) in [6.07, 6.45) is 1.35. The quantitative estimate of drug-likeness (QED) is 0.878. The number of aryl methyl sites for hydroxylation is 1. The fourth-order valence-corrected chi connectivity index (χ4v) is 1.69. The third-order valence-corrected chi connectivity index (χ3v) is 3.60. The molecule has 0 radical (unpaired) electrons. The molecule has 4 heteroatoms. The van der Waals surface area contributed by atoms with Crippen LogP contribution >= 0.6 is 15.9 Å². The first-order valence-electron chi connectivity index (χ1n) is 5.79. The Hall–Kier alpha value is -0.870. The van der Waals surface area contributed by atoms with Gasteiger partial charge < -0.3 is 11.1 Å². The number of nitrogens with two attached hydrogens (primary N) is 1. The average molecular weight is 299 g/mol. The number of anilines is 1. The van der Waals surface area contributed by atoms with Gasteiger partial charge in [-0.25, -0.2) is 0 Å². The Balaban J connectivity index is 2.48. The van der Waals surface area contributed by atoms with E-state index in [4.69, 9.17) is 5.73 Å². The van der Waals surface area contributed by atoms with Gasteiger partial charge in [0.2, 0.25) is 5.91 Å². The lowest BCUT2D eigenvalue weighted by atomic mass is 10.1. The second kappa shape index (κ2) is 6.77. The van der Waals surface area contributed by atoms with Crippen LogP contribution in [-0.2, 0) is 4.79 Å². The molecule has 94 valence electrons. The van der Waals surface area contributed by atoms with Crippen molar-refractivity contribution in [2.75, 3.05) is 11.9 Å². The molecule has 0 heterocycles. The molecule has 0 aliphatic carbocycles. The summed E-state index contributed by atoms with van der Waals surface area (Å²) in [5, 5.41) is 2.89. The Kier molecular flexibility index (Phi) is 5.65. The number of benzene rings is 1. The maximum atomic E-state index is 11.7. The van der Waals surface area contributed by atoms with E-state index >= 15 is 0 Å². The Bertz CT molecular complexity index is 393. The zero-order valence-corrected chi connectivity index (χ0v) is 11.9. The number of hydrogen-bond donors (Lipinski definition) is 2. The van der Waals surface area contributed by atoms with Gasteiger partial charge >= 0.3 is 0 Å². The number of carbonyl (C=O) groups is 1. The lowest BCUT2D eigenvalue weighted by Crippen LogP contribution is -2.16. The molecule has 0 aromatic heterocycles. The summed E-state index contributed by atoms with van der Waals surface area (Å²) >= 11 is 3.43. The minimum Gasteiger partial charge on any atom is -0.330 e. The molecule has 1 aromatic carbocycles. The predicted molar refractivity (Wildman–Crippen MR) is 75.0 cm³/mol. The van der Waals surface area contributed by atoms with Gasteiger partial charge in [0.25, 0.3) is 0 Å². The van der Waals surface area contributed by atoms with Crippen molar-refractivity contribution in [3.8, 4) is 0 Å². The number of hydrogen-bond acceptors (Lipinski definition) is 2. The fourth-order valence-electron chi connectivity index (χ4n) is 1.44. The summed E-state index contributed by atoms with van der Waals surface area (Å²) in [6.45, 7) is 4.68. The molecule has 1 amide bonds. The van der Waals surface area contributed by atoms with E-state index in [2.05, 4.69) is 28.2 Å². The van der Waals surface area contributed by atoms with Gasteiger partial charge in [-0.3, -0.25) is 4.79 Å². The molecule has 0 aliphatic heterocycles. The van der Waals surface area contributed by atoms with Crippen molar-refractivity contribution in [3.05, 3.63) is 28.2 Å². The maximum absolute atomic E-state index is 11.7. The SMILES string of the molecule is Cc1cc(NC(=O)CCC(C)CN)ccc1Br. The molecule has 0 fully saturated rings. The molecular weight excluding hydrogens is 280 g/mol. The third kappa shape index (κ3) is 4.88. The summed E-state index contributed by atoms with van der Waals surface area (Å²) in [4.78, 5) is 11.7. The molecule has 0 bridgehead atoms. The first kappa shape index (κ1) is 14.2. The molecule has 0 spiro atoms. The highest BCUT2D eigenvalue weighted by molar-refractivity contribution is 9.10. The van der Waals surface area contributed by atoms with E-state index < -0.39 is 0 Å². The van der Waals surface area contributed by atoms with Gasteiger partial charge in [-0.15, -0.1) is 0 Å². The number of halogens is 1. The van der Waals surface area contributed by atoms with Crippen molar-refractivity contribution in [3.63, 3.8) is 0 Å². The summed E-state index contributed by atoms with van der Waals surface area (Å²) in [7, 11) is 0. The number of carbonyl (C=O) groups excluding carboxylic acids is 1. The first-order valence-corrected chi connectivity index (χ1v) is 6.58. The Morgan fingerprint density at radius 3 is 2.82 bits per heavy atom. The highest BCUT2D eigenvalue weighted by Crippen LogP contribution is 2.20. The van der Waals surface area contributed by atoms with Crippen molar-refractivity contribution in [2.24, 2.45) is 11.7 Å². The lowest BCUT2D eigenvalue weighted by Gasteiger charge is -2.09. The Morgan fingerprint density at radius 1 is 1.53 bits per heavy atom. The van der Waals surface area contributed by atoms with E-state index in [9.17, 15) is 4.79 Å². The highest BCUT2D eigenvalue weighted by atomic mass is 79.9. The van der Waals surface area contributed by atoms with Crippen molar-refractivity contribution < 1.29 is 4.79 Å². The fraction of sp³-hybridized carbons (Fsp3) is 0.462. The molecule has 0 saturated heterocycles. The van der Waals surface area contributed by atoms with Crippen LogP contribution in [0, 0.1) is 12.8 Å². The van der Waals surface area contributed by atoms with E-state index in [0.717, 1.165) is 22.1 Å². The van der Waals surface area contributed by atoms with Crippen LogP contribution < -0.4 is 11.1 Å². The topological polar surface area (TPSA) is 55.1 Å². The van der Waals surface area contributed by atoms with Crippen LogP contribution in [0.1, 0.15) is 25.3 Å². The third-order valence-electron chi connectivity index (χ3n) is 2.71. The highest BCUT2D eigenvalue weighted by Gasteiger charge is 2.06. The van der Waals surface area contributed by atoms with Crippen LogP contribution in [0.2, 0.25) is 0 Å². The minimum absolute atomic E-state index is 0.0482. The van der Waals surface area contributed by atoms with Gasteiger partial charge in [0, 0.05) is 16.6 Å². The molecule has 1 aromatic rings. The molecule has 1 unspecified atom stereocenters. The second-order valence-corrected chi connectivity index (χ2v) is 5.25. The average Bonchev–Trinajstić information content (AvgIpc) is 2.31. The maximum Gasteiger partial charge on any atom is 0.224 e. The van der Waals surface area contributed by atoms with Crippen LogP contribution in [0.3, 0.4) is 0 Å². The summed E-state index contributed by atoms with van der Waals surface area (Å²) in [6, 6.07) is 5.78. The molecule has 0 aliphatic rings. The summed E-state index contributed by atoms with van der Waals surface area (Å²) < 4.78 is 1.05. The first-order chi connectivity index (χ1) is 8.02. The minimum atomic E-state index is 0.0482. The van der Waals surface area contributed by atoms with Crippen molar-refractivity contribution in [2.45, 2.75) is 26.7 Å². The molecule has 3 nitrogen and oxygen atoms in total. The zero-order valence-electron chi connectivity index (χ0n) is 10.3. The normalized spacial score (nSPS) is 12.2. The molecule has 3 N–H and O–H groups in total. The summed E-state index contributed by atoms with van der Waals surface area (Å²) in [5.41, 5.74) is 7.46.